The van der Waals surface area contributed by atoms with Crippen molar-refractivity contribution in [1.82, 2.24) is 0 Å². The summed E-state index contributed by atoms with van der Waals surface area (Å²) in [4.78, 5) is -1.25. The molecule has 0 amide bonds. The topological polar surface area (TPSA) is 68.3 Å². The largest absolute Gasteiger partial charge is 0.501 e. The molecule has 0 bridgehead atoms. The Labute approximate surface area is 125 Å². The van der Waals surface area contributed by atoms with E-state index in [1.165, 1.54) is 0 Å². The number of halogens is 4. The SMILES string of the molecule is CC(CCl)CS(=O)(=O)c1ccc(S(=O)(=O)C(F)(F)F)cc1. The molecule has 120 valence electrons. The first-order valence-corrected chi connectivity index (χ1v) is 9.29. The van der Waals surface area contributed by atoms with Crippen LogP contribution in [0.25, 0.3) is 0 Å². The van der Waals surface area contributed by atoms with Crippen LogP contribution in [-0.2, 0) is 19.7 Å². The van der Waals surface area contributed by atoms with Crippen molar-refractivity contribution in [3.63, 3.8) is 0 Å². The molecule has 0 aliphatic rings. The molecule has 0 spiro atoms. The molecule has 21 heavy (non-hydrogen) atoms. The second-order valence-corrected chi connectivity index (χ2v) is 8.75. The van der Waals surface area contributed by atoms with Crippen LogP contribution < -0.4 is 0 Å². The lowest BCUT2D eigenvalue weighted by Crippen LogP contribution is -2.23. The van der Waals surface area contributed by atoms with Gasteiger partial charge in [-0.2, -0.15) is 13.2 Å². The number of benzene rings is 1. The monoisotopic (exact) mass is 364 g/mol. The highest BCUT2D eigenvalue weighted by Crippen LogP contribution is 2.30. The first-order valence-electron chi connectivity index (χ1n) is 5.62. The summed E-state index contributed by atoms with van der Waals surface area (Å²) in [5, 5.41) is 0. The van der Waals surface area contributed by atoms with Gasteiger partial charge in [-0.15, -0.1) is 11.6 Å². The molecule has 0 aliphatic carbocycles. The van der Waals surface area contributed by atoms with Crippen LogP contribution in [0.3, 0.4) is 0 Å². The Morgan fingerprint density at radius 3 is 1.86 bits per heavy atom. The standard InChI is InChI=1S/C11H12ClF3O4S2/c1-8(6-12)7-20(16,17)9-2-4-10(5-3-9)21(18,19)11(13,14)15/h2-5,8H,6-7H2,1H3. The van der Waals surface area contributed by atoms with Gasteiger partial charge in [0, 0.05) is 5.88 Å². The molecule has 10 heteroatoms. The Bertz CT molecular complexity index is 694. The zero-order chi connectivity index (χ0) is 16.5. The Balaban J connectivity index is 3.15. The summed E-state index contributed by atoms with van der Waals surface area (Å²) >= 11 is 5.51. The quantitative estimate of drug-likeness (QED) is 0.753. The van der Waals surface area contributed by atoms with E-state index >= 15 is 0 Å². The van der Waals surface area contributed by atoms with Crippen LogP contribution in [0.15, 0.2) is 34.1 Å². The minimum absolute atomic E-state index is 0.111. The normalized spacial score (nSPS) is 14.9. The fourth-order valence-corrected chi connectivity index (χ4v) is 4.09. The number of sulfone groups is 2. The van der Waals surface area contributed by atoms with Crippen LogP contribution in [0.4, 0.5) is 13.2 Å². The summed E-state index contributed by atoms with van der Waals surface area (Å²) in [6, 6.07) is 2.94. The van der Waals surface area contributed by atoms with Gasteiger partial charge in [0.05, 0.1) is 15.5 Å². The van der Waals surface area contributed by atoms with Crippen LogP contribution >= 0.6 is 11.6 Å². The maximum atomic E-state index is 12.4. The van der Waals surface area contributed by atoms with Crippen LogP contribution in [0.2, 0.25) is 0 Å². The zero-order valence-corrected chi connectivity index (χ0v) is 13.2. The third kappa shape index (κ3) is 4.10. The van der Waals surface area contributed by atoms with Gasteiger partial charge in [-0.3, -0.25) is 0 Å². The third-order valence-electron chi connectivity index (χ3n) is 2.57. The van der Waals surface area contributed by atoms with Gasteiger partial charge in [-0.25, -0.2) is 16.8 Å². The molecular formula is C11H12ClF3O4S2. The molecule has 1 unspecified atom stereocenters. The van der Waals surface area contributed by atoms with Crippen molar-refractivity contribution in [3.05, 3.63) is 24.3 Å². The van der Waals surface area contributed by atoms with E-state index in [2.05, 4.69) is 0 Å². The molecule has 0 radical (unpaired) electrons. The number of hydrogen-bond acceptors (Lipinski definition) is 4. The van der Waals surface area contributed by atoms with Crippen molar-refractivity contribution in [3.8, 4) is 0 Å². The van der Waals surface area contributed by atoms with Gasteiger partial charge >= 0.3 is 5.51 Å². The van der Waals surface area contributed by atoms with Gasteiger partial charge in [0.25, 0.3) is 9.84 Å². The number of hydrogen-bond donors (Lipinski definition) is 0. The van der Waals surface area contributed by atoms with Crippen molar-refractivity contribution in [2.24, 2.45) is 5.92 Å². The van der Waals surface area contributed by atoms with E-state index in [9.17, 15) is 30.0 Å². The fourth-order valence-electron chi connectivity index (χ4n) is 1.48. The number of rotatable bonds is 5. The summed E-state index contributed by atoms with van der Waals surface area (Å²) < 4.78 is 83.2. The highest BCUT2D eigenvalue weighted by atomic mass is 35.5. The maximum absolute atomic E-state index is 12.4. The molecule has 1 aromatic carbocycles. The molecule has 1 rings (SSSR count). The van der Waals surface area contributed by atoms with E-state index in [1.807, 2.05) is 0 Å². The Kier molecular flexibility index (Phi) is 5.33. The van der Waals surface area contributed by atoms with E-state index in [0.29, 0.717) is 12.1 Å². The third-order valence-corrected chi connectivity index (χ3v) is 6.59. The van der Waals surface area contributed by atoms with Crippen LogP contribution in [0.1, 0.15) is 6.92 Å². The summed E-state index contributed by atoms with van der Waals surface area (Å²) in [7, 11) is -9.21. The Morgan fingerprint density at radius 2 is 1.48 bits per heavy atom. The molecule has 0 heterocycles. The van der Waals surface area contributed by atoms with Crippen molar-refractivity contribution >= 4 is 31.3 Å². The van der Waals surface area contributed by atoms with E-state index in [4.69, 9.17) is 11.6 Å². The van der Waals surface area contributed by atoms with Crippen molar-refractivity contribution in [1.29, 1.82) is 0 Å². The van der Waals surface area contributed by atoms with E-state index < -0.39 is 30.1 Å². The van der Waals surface area contributed by atoms with Gasteiger partial charge < -0.3 is 0 Å². The molecule has 4 nitrogen and oxygen atoms in total. The van der Waals surface area contributed by atoms with E-state index in [0.717, 1.165) is 12.1 Å². The summed E-state index contributed by atoms with van der Waals surface area (Å²) in [5.41, 5.74) is -5.43. The van der Waals surface area contributed by atoms with Crippen molar-refractivity contribution in [2.75, 3.05) is 11.6 Å². The average Bonchev–Trinajstić information content (AvgIpc) is 2.37. The van der Waals surface area contributed by atoms with Gasteiger partial charge in [0.2, 0.25) is 0 Å². The summed E-state index contributed by atoms with van der Waals surface area (Å²) in [5.74, 6) is -0.503. The lowest BCUT2D eigenvalue weighted by Gasteiger charge is -2.11. The molecule has 1 aromatic rings. The van der Waals surface area contributed by atoms with E-state index in [1.54, 1.807) is 6.92 Å². The van der Waals surface area contributed by atoms with Crippen molar-refractivity contribution in [2.45, 2.75) is 22.2 Å². The van der Waals surface area contributed by atoms with Gasteiger partial charge in [0.15, 0.2) is 9.84 Å². The molecule has 0 aromatic heterocycles. The van der Waals surface area contributed by atoms with Crippen molar-refractivity contribution < 1.29 is 30.0 Å². The second-order valence-electron chi connectivity index (χ2n) is 4.46. The predicted molar refractivity (Wildman–Crippen MR) is 71.6 cm³/mol. The number of alkyl halides is 4. The maximum Gasteiger partial charge on any atom is 0.501 e. The van der Waals surface area contributed by atoms with Crippen LogP contribution in [0, 0.1) is 5.92 Å². The Hall–Kier alpha value is -0.800. The van der Waals surface area contributed by atoms with Gasteiger partial charge in [0.1, 0.15) is 0 Å². The van der Waals surface area contributed by atoms with Gasteiger partial charge in [-0.05, 0) is 30.2 Å². The lowest BCUT2D eigenvalue weighted by molar-refractivity contribution is -0.0436. The first kappa shape index (κ1) is 18.2. The molecule has 0 saturated carbocycles. The molecule has 1 atom stereocenters. The van der Waals surface area contributed by atoms with E-state index in [-0.39, 0.29) is 22.4 Å². The van der Waals surface area contributed by atoms with Crippen LogP contribution in [-0.4, -0.2) is 34.0 Å². The molecule has 0 saturated heterocycles. The minimum Gasteiger partial charge on any atom is -0.224 e. The highest BCUT2D eigenvalue weighted by Gasteiger charge is 2.46. The summed E-state index contributed by atoms with van der Waals surface area (Å²) in [6.07, 6.45) is 0. The Morgan fingerprint density at radius 1 is 1.05 bits per heavy atom. The molecule has 0 aliphatic heterocycles. The second kappa shape index (κ2) is 6.13. The zero-order valence-electron chi connectivity index (χ0n) is 10.8. The van der Waals surface area contributed by atoms with Crippen LogP contribution in [0.5, 0.6) is 0 Å². The van der Waals surface area contributed by atoms with Gasteiger partial charge in [-0.1, -0.05) is 6.92 Å². The highest BCUT2D eigenvalue weighted by molar-refractivity contribution is 7.92. The molecule has 0 N–H and O–H groups in total. The smallest absolute Gasteiger partial charge is 0.224 e. The first-order chi connectivity index (χ1) is 9.41. The molecular weight excluding hydrogens is 353 g/mol. The fraction of sp³-hybridized carbons (Fsp3) is 0.455. The average molecular weight is 365 g/mol. The predicted octanol–water partition coefficient (Wildman–Crippen LogP) is 2.63. The summed E-state index contributed by atoms with van der Waals surface area (Å²) in [6.45, 7) is 1.60. The molecule has 0 fully saturated rings. The lowest BCUT2D eigenvalue weighted by atomic mass is 10.3. The minimum atomic E-state index is -5.48.